The number of halogens is 2. The molecule has 8 heteroatoms. The van der Waals surface area contributed by atoms with Crippen LogP contribution in [0.15, 0.2) is 47.2 Å². The minimum atomic E-state index is -2.60. The molecular weight excluding hydrogens is 330 g/mol. The van der Waals surface area contributed by atoms with Crippen LogP contribution in [0.25, 0.3) is 33.1 Å². The van der Waals surface area contributed by atoms with E-state index in [1.54, 1.807) is 6.07 Å². The van der Waals surface area contributed by atoms with Crippen LogP contribution in [0.1, 0.15) is 10.5 Å². The second kappa shape index (κ2) is 5.66. The summed E-state index contributed by atoms with van der Waals surface area (Å²) in [6, 6.07) is 8.73. The number of pyridine rings is 1. The lowest BCUT2D eigenvalue weighted by Crippen LogP contribution is -2.13. The molecule has 4 rings (SSSR count). The van der Waals surface area contributed by atoms with Crippen LogP contribution in [0.5, 0.6) is 0 Å². The van der Waals surface area contributed by atoms with Crippen LogP contribution in [0, 0.1) is 0 Å². The summed E-state index contributed by atoms with van der Waals surface area (Å²) in [5, 5.41) is 5.66. The van der Waals surface area contributed by atoms with Crippen molar-refractivity contribution in [3.63, 3.8) is 0 Å². The molecule has 0 spiro atoms. The molecule has 0 aliphatic heterocycles. The number of primary amides is 1. The van der Waals surface area contributed by atoms with E-state index in [-0.39, 0.29) is 5.69 Å². The number of nitrogens with two attached hydrogens (primary N) is 1. The van der Waals surface area contributed by atoms with Crippen molar-refractivity contribution in [1.29, 1.82) is 0 Å². The van der Waals surface area contributed by atoms with Gasteiger partial charge in [-0.1, -0.05) is 18.2 Å². The maximum atomic E-state index is 12.9. The smallest absolute Gasteiger partial charge is 0.267 e. The largest absolute Gasteiger partial charge is 0.464 e. The van der Waals surface area contributed by atoms with Crippen molar-refractivity contribution in [3.8, 4) is 11.3 Å². The second-order valence-corrected chi connectivity index (χ2v) is 5.52. The van der Waals surface area contributed by atoms with Crippen molar-refractivity contribution in [1.82, 2.24) is 14.8 Å². The fourth-order valence-corrected chi connectivity index (χ4v) is 2.83. The van der Waals surface area contributed by atoms with Crippen LogP contribution < -0.4 is 5.73 Å². The van der Waals surface area contributed by atoms with E-state index in [2.05, 4.69) is 10.1 Å². The Hall–Kier alpha value is -3.29. The van der Waals surface area contributed by atoms with E-state index in [4.69, 9.17) is 10.2 Å². The van der Waals surface area contributed by atoms with Crippen LogP contribution in [0.3, 0.4) is 0 Å². The highest BCUT2D eigenvalue weighted by Gasteiger charge is 2.20. The Bertz CT molecular complexity index is 1100. The van der Waals surface area contributed by atoms with Crippen LogP contribution in [-0.4, -0.2) is 27.1 Å². The summed E-state index contributed by atoms with van der Waals surface area (Å²) < 4.78 is 32.5. The average Bonchev–Trinajstić information content (AvgIpc) is 3.15. The zero-order valence-electron chi connectivity index (χ0n) is 12.8. The van der Waals surface area contributed by atoms with Crippen molar-refractivity contribution in [3.05, 3.63) is 48.5 Å². The molecule has 0 saturated carbocycles. The second-order valence-electron chi connectivity index (χ2n) is 5.52. The molecule has 1 aromatic carbocycles. The van der Waals surface area contributed by atoms with Gasteiger partial charge in [-0.15, -0.1) is 0 Å². The Morgan fingerprint density at radius 1 is 1.28 bits per heavy atom. The van der Waals surface area contributed by atoms with E-state index in [1.165, 1.54) is 18.5 Å². The average molecular weight is 342 g/mol. The molecule has 0 saturated heterocycles. The maximum absolute atomic E-state index is 12.9. The maximum Gasteiger partial charge on any atom is 0.267 e. The van der Waals surface area contributed by atoms with Gasteiger partial charge >= 0.3 is 0 Å². The molecule has 1 amide bonds. The van der Waals surface area contributed by atoms with E-state index in [0.717, 1.165) is 10.1 Å². The first-order valence-corrected chi connectivity index (χ1v) is 7.45. The lowest BCUT2D eigenvalue weighted by Gasteiger charge is -2.02. The molecule has 6 nitrogen and oxygen atoms in total. The Morgan fingerprint density at radius 3 is 2.84 bits per heavy atom. The fraction of sp³-hybridized carbons (Fsp3) is 0.118. The van der Waals surface area contributed by atoms with Gasteiger partial charge in [-0.3, -0.25) is 14.5 Å². The van der Waals surface area contributed by atoms with E-state index >= 15 is 0 Å². The van der Waals surface area contributed by atoms with Crippen molar-refractivity contribution < 1.29 is 18.0 Å². The Balaban J connectivity index is 1.99. The number of amides is 1. The number of carbonyl (C=O) groups is 1. The molecule has 0 atom stereocenters. The van der Waals surface area contributed by atoms with Crippen LogP contribution >= 0.6 is 0 Å². The first-order valence-electron chi connectivity index (χ1n) is 7.45. The predicted octanol–water partition coefficient (Wildman–Crippen LogP) is 3.21. The fourth-order valence-electron chi connectivity index (χ4n) is 2.83. The van der Waals surface area contributed by atoms with Gasteiger partial charge in [0.25, 0.3) is 12.3 Å². The van der Waals surface area contributed by atoms with Crippen molar-refractivity contribution >= 4 is 27.8 Å². The summed E-state index contributed by atoms with van der Waals surface area (Å²) in [5.74, 6) is -0.734. The third kappa shape index (κ3) is 2.51. The number of rotatable bonds is 4. The number of aromatic nitrogens is 3. The SMILES string of the molecule is NC(=O)c1cc2c(cn1)c(-c1coc3ccccc13)nn2CC(F)F. The standard InChI is InChI=1S/C17H12F2N4O2/c18-15(19)7-23-13-5-12(17(20)24)21-6-10(13)16(22-23)11-8-25-14-4-2-1-3-9(11)14/h1-6,8,15H,7H2,(H2,20,24). The molecule has 0 fully saturated rings. The lowest BCUT2D eigenvalue weighted by atomic mass is 10.1. The summed E-state index contributed by atoms with van der Waals surface area (Å²) in [6.45, 7) is -0.603. The zero-order valence-corrected chi connectivity index (χ0v) is 12.8. The lowest BCUT2D eigenvalue weighted by molar-refractivity contribution is 0.0995. The van der Waals surface area contributed by atoms with Crippen molar-refractivity contribution in [2.75, 3.05) is 0 Å². The number of hydrogen-bond acceptors (Lipinski definition) is 4. The normalized spacial score (nSPS) is 11.6. The van der Waals surface area contributed by atoms with Gasteiger partial charge in [0.1, 0.15) is 29.8 Å². The van der Waals surface area contributed by atoms with Gasteiger partial charge < -0.3 is 10.2 Å². The minimum Gasteiger partial charge on any atom is -0.464 e. The molecule has 0 aliphatic carbocycles. The number of nitrogens with zero attached hydrogens (tertiary/aromatic N) is 3. The molecule has 0 radical (unpaired) electrons. The van der Waals surface area contributed by atoms with Gasteiger partial charge in [-0.2, -0.15) is 5.10 Å². The highest BCUT2D eigenvalue weighted by molar-refractivity contribution is 6.03. The molecular formula is C17H12F2N4O2. The highest BCUT2D eigenvalue weighted by Crippen LogP contribution is 2.34. The van der Waals surface area contributed by atoms with Gasteiger partial charge in [-0.25, -0.2) is 8.78 Å². The molecule has 25 heavy (non-hydrogen) atoms. The van der Waals surface area contributed by atoms with Gasteiger partial charge in [-0.05, 0) is 12.1 Å². The van der Waals surface area contributed by atoms with E-state index in [1.807, 2.05) is 18.2 Å². The monoisotopic (exact) mass is 342 g/mol. The number of furan rings is 1. The predicted molar refractivity (Wildman–Crippen MR) is 87.3 cm³/mol. The van der Waals surface area contributed by atoms with Crippen LogP contribution in [-0.2, 0) is 6.54 Å². The minimum absolute atomic E-state index is 0.00785. The molecule has 0 unspecified atom stereocenters. The van der Waals surface area contributed by atoms with Gasteiger partial charge in [0.15, 0.2) is 0 Å². The Morgan fingerprint density at radius 2 is 2.08 bits per heavy atom. The number of para-hydroxylation sites is 1. The summed E-state index contributed by atoms with van der Waals surface area (Å²) in [5.41, 5.74) is 7.39. The van der Waals surface area contributed by atoms with Crippen molar-refractivity contribution in [2.45, 2.75) is 13.0 Å². The quantitative estimate of drug-likeness (QED) is 0.617. The molecule has 3 heterocycles. The van der Waals surface area contributed by atoms with Gasteiger partial charge in [0.2, 0.25) is 0 Å². The van der Waals surface area contributed by atoms with E-state index in [0.29, 0.717) is 27.7 Å². The summed E-state index contributed by atoms with van der Waals surface area (Å²) in [7, 11) is 0. The van der Waals surface area contributed by atoms with E-state index in [9.17, 15) is 13.6 Å². The number of fused-ring (bicyclic) bond motifs is 2. The first kappa shape index (κ1) is 15.3. The third-order valence-electron chi connectivity index (χ3n) is 3.94. The first-order chi connectivity index (χ1) is 12.0. The summed E-state index contributed by atoms with van der Waals surface area (Å²) in [4.78, 5) is 15.4. The van der Waals surface area contributed by atoms with Crippen molar-refractivity contribution in [2.24, 2.45) is 5.73 Å². The zero-order chi connectivity index (χ0) is 17.6. The number of alkyl halides is 2. The molecule has 126 valence electrons. The number of carbonyl (C=O) groups excluding carboxylic acids is 1. The summed E-state index contributed by atoms with van der Waals surface area (Å²) >= 11 is 0. The van der Waals surface area contributed by atoms with E-state index < -0.39 is 18.9 Å². The van der Waals surface area contributed by atoms with Crippen LogP contribution in [0.4, 0.5) is 8.78 Å². The van der Waals surface area contributed by atoms with Gasteiger partial charge in [0, 0.05) is 22.5 Å². The number of benzene rings is 1. The Kier molecular flexibility index (Phi) is 3.45. The van der Waals surface area contributed by atoms with Gasteiger partial charge in [0.05, 0.1) is 5.52 Å². The molecule has 4 aromatic rings. The third-order valence-corrected chi connectivity index (χ3v) is 3.94. The molecule has 2 N–H and O–H groups in total. The molecule has 3 aromatic heterocycles. The Labute approximate surface area is 139 Å². The highest BCUT2D eigenvalue weighted by atomic mass is 19.3. The molecule has 0 bridgehead atoms. The topological polar surface area (TPSA) is 86.9 Å². The summed E-state index contributed by atoms with van der Waals surface area (Å²) in [6.07, 6.45) is 0.352. The van der Waals surface area contributed by atoms with Crippen LogP contribution in [0.2, 0.25) is 0 Å². The molecule has 0 aliphatic rings. The number of hydrogen-bond donors (Lipinski definition) is 1.